The highest BCUT2D eigenvalue weighted by Gasteiger charge is 2.27. The number of rotatable bonds is 13. The number of halogens is 3. The van der Waals surface area contributed by atoms with Crippen LogP contribution in [0.3, 0.4) is 0 Å². The largest absolute Gasteiger partial charge is 0.491 e. The molecule has 0 unspecified atom stereocenters. The summed E-state index contributed by atoms with van der Waals surface area (Å²) in [5, 5.41) is 0. The molecule has 2 saturated carbocycles. The Labute approximate surface area is 233 Å². The lowest BCUT2D eigenvalue weighted by Crippen LogP contribution is -2.20. The van der Waals surface area contributed by atoms with Gasteiger partial charge in [0.25, 0.3) is 0 Å². The van der Waals surface area contributed by atoms with E-state index in [1.807, 2.05) is 6.07 Å². The van der Waals surface area contributed by atoms with Crippen molar-refractivity contribution >= 4 is 0 Å². The predicted molar refractivity (Wildman–Crippen MR) is 152 cm³/mol. The van der Waals surface area contributed by atoms with E-state index < -0.39 is 11.6 Å². The number of hydrogen-bond donors (Lipinski definition) is 0. The molecule has 2 fully saturated rings. The molecule has 0 spiro atoms. The molecule has 0 saturated heterocycles. The minimum Gasteiger partial charge on any atom is -0.491 e. The second-order valence-electron chi connectivity index (χ2n) is 12.1. The van der Waals surface area contributed by atoms with Crippen LogP contribution in [0.2, 0.25) is 0 Å². The van der Waals surface area contributed by atoms with E-state index in [9.17, 15) is 13.2 Å². The maximum absolute atomic E-state index is 14.9. The molecule has 216 valence electrons. The number of hydrogen-bond acceptors (Lipinski definition) is 2. The fraction of sp³-hybridized carbons (Fsp3) is 0.647. The smallest absolute Gasteiger partial charge is 0.200 e. The van der Waals surface area contributed by atoms with Crippen LogP contribution < -0.4 is 9.47 Å². The van der Waals surface area contributed by atoms with E-state index in [1.54, 1.807) is 24.3 Å². The fourth-order valence-electron chi connectivity index (χ4n) is 6.37. The van der Waals surface area contributed by atoms with Gasteiger partial charge in [0.1, 0.15) is 0 Å². The molecule has 0 N–H and O–H groups in total. The molecule has 2 nitrogen and oxygen atoms in total. The van der Waals surface area contributed by atoms with Crippen LogP contribution >= 0.6 is 0 Å². The minimum absolute atomic E-state index is 0.0150. The molecule has 2 aliphatic carbocycles. The molecule has 0 atom stereocenters. The highest BCUT2D eigenvalue weighted by molar-refractivity contribution is 5.34. The highest BCUT2D eigenvalue weighted by atomic mass is 19.2. The van der Waals surface area contributed by atoms with Crippen molar-refractivity contribution < 1.29 is 22.6 Å². The first-order chi connectivity index (χ1) is 19.0. The molecule has 4 rings (SSSR count). The molecule has 0 amide bonds. The standard InChI is InChI=1S/C34H47F3O2/c1-3-4-5-6-7-8-21-38-31-19-17-28(22-30(31)35)26-15-11-25(12-16-26)23-39-32-20-18-29(33(36)34(32)37)27-13-9-24(2)10-14-27/h17-20,22,24-27H,3-16,21,23H2,1-2H3. The van der Waals surface area contributed by atoms with Crippen LogP contribution in [0, 0.1) is 29.3 Å². The van der Waals surface area contributed by atoms with Gasteiger partial charge in [-0.05, 0) is 97.9 Å². The molecule has 0 heterocycles. The maximum Gasteiger partial charge on any atom is 0.200 e. The van der Waals surface area contributed by atoms with Gasteiger partial charge in [-0.3, -0.25) is 0 Å². The molecule has 2 aromatic rings. The molecule has 0 aliphatic heterocycles. The third-order valence-electron chi connectivity index (χ3n) is 9.04. The summed E-state index contributed by atoms with van der Waals surface area (Å²) in [5.41, 5.74) is 1.51. The normalized spacial score (nSPS) is 23.5. The van der Waals surface area contributed by atoms with Crippen molar-refractivity contribution in [2.75, 3.05) is 13.2 Å². The van der Waals surface area contributed by atoms with Gasteiger partial charge in [-0.25, -0.2) is 8.78 Å². The first-order valence-electron chi connectivity index (χ1n) is 15.5. The van der Waals surface area contributed by atoms with Gasteiger partial charge in [0.05, 0.1) is 13.2 Å². The third kappa shape index (κ3) is 8.41. The van der Waals surface area contributed by atoms with Crippen molar-refractivity contribution in [3.63, 3.8) is 0 Å². The summed E-state index contributed by atoms with van der Waals surface area (Å²) in [6.45, 7) is 5.36. The molecule has 5 heteroatoms. The van der Waals surface area contributed by atoms with Crippen LogP contribution in [0.1, 0.15) is 127 Å². The van der Waals surface area contributed by atoms with E-state index in [-0.39, 0.29) is 23.4 Å². The Hall–Kier alpha value is -2.17. The van der Waals surface area contributed by atoms with Crippen molar-refractivity contribution in [3.05, 3.63) is 58.9 Å². The van der Waals surface area contributed by atoms with Gasteiger partial charge < -0.3 is 9.47 Å². The number of ether oxygens (including phenoxy) is 2. The number of unbranched alkanes of at least 4 members (excludes halogenated alkanes) is 5. The Morgan fingerprint density at radius 2 is 1.36 bits per heavy atom. The zero-order valence-electron chi connectivity index (χ0n) is 24.0. The van der Waals surface area contributed by atoms with Gasteiger partial charge in [0.15, 0.2) is 23.1 Å². The van der Waals surface area contributed by atoms with E-state index in [0.717, 1.165) is 69.8 Å². The van der Waals surface area contributed by atoms with Gasteiger partial charge in [0.2, 0.25) is 5.82 Å². The lowest BCUT2D eigenvalue weighted by atomic mass is 9.79. The van der Waals surface area contributed by atoms with Crippen LogP contribution in [0.4, 0.5) is 13.2 Å². The lowest BCUT2D eigenvalue weighted by Gasteiger charge is -2.29. The van der Waals surface area contributed by atoms with Crippen molar-refractivity contribution in [1.82, 2.24) is 0 Å². The first-order valence-corrected chi connectivity index (χ1v) is 15.5. The molecule has 0 radical (unpaired) electrons. The SMILES string of the molecule is CCCCCCCCOc1ccc(C2CCC(COc3ccc(C4CCC(C)CC4)c(F)c3F)CC2)cc1F. The van der Waals surface area contributed by atoms with Gasteiger partial charge in [0, 0.05) is 0 Å². The second kappa shape index (κ2) is 15.0. The van der Waals surface area contributed by atoms with Gasteiger partial charge in [-0.1, -0.05) is 70.9 Å². The molecule has 2 aromatic carbocycles. The number of benzene rings is 2. The Morgan fingerprint density at radius 3 is 2.08 bits per heavy atom. The van der Waals surface area contributed by atoms with Crippen molar-refractivity contribution in [2.45, 2.75) is 116 Å². The van der Waals surface area contributed by atoms with Gasteiger partial charge in [-0.15, -0.1) is 0 Å². The van der Waals surface area contributed by atoms with Crippen molar-refractivity contribution in [2.24, 2.45) is 11.8 Å². The Morgan fingerprint density at radius 1 is 0.692 bits per heavy atom. The molecule has 0 bridgehead atoms. The van der Waals surface area contributed by atoms with Gasteiger partial charge in [-0.2, -0.15) is 4.39 Å². The monoisotopic (exact) mass is 544 g/mol. The van der Waals surface area contributed by atoms with Crippen LogP contribution in [-0.4, -0.2) is 13.2 Å². The summed E-state index contributed by atoms with van der Waals surface area (Å²) in [4.78, 5) is 0. The van der Waals surface area contributed by atoms with Crippen molar-refractivity contribution in [1.29, 1.82) is 0 Å². The molecule has 39 heavy (non-hydrogen) atoms. The fourth-order valence-corrected chi connectivity index (χ4v) is 6.37. The summed E-state index contributed by atoms with van der Waals surface area (Å²) in [6, 6.07) is 8.72. The van der Waals surface area contributed by atoms with E-state index in [1.165, 1.54) is 25.7 Å². The first kappa shape index (κ1) is 29.8. The average molecular weight is 545 g/mol. The van der Waals surface area contributed by atoms with Crippen LogP contribution in [0.5, 0.6) is 11.5 Å². The van der Waals surface area contributed by atoms with Crippen molar-refractivity contribution in [3.8, 4) is 11.5 Å². The van der Waals surface area contributed by atoms with E-state index >= 15 is 0 Å². The molecule has 0 aromatic heterocycles. The molecular weight excluding hydrogens is 497 g/mol. The average Bonchev–Trinajstić information content (AvgIpc) is 2.95. The van der Waals surface area contributed by atoms with E-state index in [0.29, 0.717) is 36.4 Å². The second-order valence-corrected chi connectivity index (χ2v) is 12.1. The zero-order valence-corrected chi connectivity index (χ0v) is 24.0. The topological polar surface area (TPSA) is 18.5 Å². The Balaban J connectivity index is 1.20. The summed E-state index contributed by atoms with van der Waals surface area (Å²) in [5.74, 6) is -0.166. The van der Waals surface area contributed by atoms with Crippen LogP contribution in [0.15, 0.2) is 30.3 Å². The lowest BCUT2D eigenvalue weighted by molar-refractivity contribution is 0.192. The highest BCUT2D eigenvalue weighted by Crippen LogP contribution is 2.40. The summed E-state index contributed by atoms with van der Waals surface area (Å²) >= 11 is 0. The quantitative estimate of drug-likeness (QED) is 0.234. The summed E-state index contributed by atoms with van der Waals surface area (Å²) in [6.07, 6.45) is 14.7. The third-order valence-corrected chi connectivity index (χ3v) is 9.04. The molecular formula is C34H47F3O2. The summed E-state index contributed by atoms with van der Waals surface area (Å²) < 4.78 is 55.8. The van der Waals surface area contributed by atoms with E-state index in [4.69, 9.17) is 9.47 Å². The molecule has 2 aliphatic rings. The minimum atomic E-state index is -0.853. The Kier molecular flexibility index (Phi) is 11.5. The van der Waals surface area contributed by atoms with Crippen LogP contribution in [-0.2, 0) is 0 Å². The zero-order chi connectivity index (χ0) is 27.6. The Bertz CT molecular complexity index is 1020. The van der Waals surface area contributed by atoms with Gasteiger partial charge >= 0.3 is 0 Å². The summed E-state index contributed by atoms with van der Waals surface area (Å²) in [7, 11) is 0. The van der Waals surface area contributed by atoms with E-state index in [2.05, 4.69) is 13.8 Å². The maximum atomic E-state index is 14.9. The predicted octanol–water partition coefficient (Wildman–Crippen LogP) is 10.5. The van der Waals surface area contributed by atoms with Crippen LogP contribution in [0.25, 0.3) is 0 Å².